The number of benzene rings is 1. The van der Waals surface area contributed by atoms with Crippen LogP contribution in [0.2, 0.25) is 0 Å². The van der Waals surface area contributed by atoms with Crippen molar-refractivity contribution in [3.8, 4) is 5.75 Å². The molecule has 138 valence electrons. The van der Waals surface area contributed by atoms with Crippen LogP contribution in [-0.2, 0) is 6.42 Å². The Kier molecular flexibility index (Phi) is 6.97. The van der Waals surface area contributed by atoms with Gasteiger partial charge in [0.15, 0.2) is 0 Å². The monoisotopic (exact) mass is 369 g/mol. The Morgan fingerprint density at radius 1 is 1.12 bits per heavy atom. The highest BCUT2D eigenvalue weighted by atomic mass is 32.1. The fourth-order valence-electron chi connectivity index (χ4n) is 3.21. The third-order valence-corrected chi connectivity index (χ3v) is 4.89. The summed E-state index contributed by atoms with van der Waals surface area (Å²) in [5, 5.41) is 0.188. The van der Waals surface area contributed by atoms with Crippen molar-refractivity contribution in [1.29, 1.82) is 0 Å². The summed E-state index contributed by atoms with van der Waals surface area (Å²) in [5.41, 5.74) is 1.17. The molecular formula is C21H27N3OS. The minimum absolute atomic E-state index is 0.188. The minimum atomic E-state index is 0.188. The molecule has 1 unspecified atom stereocenters. The van der Waals surface area contributed by atoms with Crippen LogP contribution in [-0.4, -0.2) is 54.5 Å². The van der Waals surface area contributed by atoms with Crippen LogP contribution in [0.25, 0.3) is 0 Å². The van der Waals surface area contributed by atoms with Crippen LogP contribution in [0.4, 0.5) is 5.82 Å². The van der Waals surface area contributed by atoms with Crippen molar-refractivity contribution in [3.05, 3.63) is 66.9 Å². The molecule has 0 bridgehead atoms. The highest BCUT2D eigenvalue weighted by Gasteiger charge is 2.20. The molecule has 2 aromatic rings. The van der Waals surface area contributed by atoms with Crippen molar-refractivity contribution in [2.45, 2.75) is 11.7 Å². The van der Waals surface area contributed by atoms with Gasteiger partial charge in [0.25, 0.3) is 0 Å². The van der Waals surface area contributed by atoms with Gasteiger partial charge in [-0.05, 0) is 30.2 Å². The van der Waals surface area contributed by atoms with Gasteiger partial charge in [-0.2, -0.15) is 12.6 Å². The predicted octanol–water partition coefficient (Wildman–Crippen LogP) is 3.31. The van der Waals surface area contributed by atoms with Crippen molar-refractivity contribution in [2.24, 2.45) is 0 Å². The fourth-order valence-corrected chi connectivity index (χ4v) is 3.51. The number of nitrogens with zero attached hydrogens (tertiary/aromatic N) is 3. The molecule has 3 rings (SSSR count). The topological polar surface area (TPSA) is 28.6 Å². The molecule has 0 saturated carbocycles. The molecule has 1 fully saturated rings. The van der Waals surface area contributed by atoms with Crippen LogP contribution in [0, 0.1) is 0 Å². The van der Waals surface area contributed by atoms with E-state index in [2.05, 4.69) is 33.5 Å². The van der Waals surface area contributed by atoms with Crippen LogP contribution in [0.1, 0.15) is 5.56 Å². The highest BCUT2D eigenvalue weighted by molar-refractivity contribution is 7.81. The molecule has 1 aromatic heterocycles. The number of allylic oxidation sites excluding steroid dienone is 1. The molecule has 4 nitrogen and oxygen atoms in total. The third-order valence-electron chi connectivity index (χ3n) is 4.58. The van der Waals surface area contributed by atoms with Gasteiger partial charge >= 0.3 is 0 Å². The van der Waals surface area contributed by atoms with E-state index in [0.29, 0.717) is 6.61 Å². The molecule has 0 spiro atoms. The van der Waals surface area contributed by atoms with E-state index in [-0.39, 0.29) is 5.25 Å². The number of aromatic nitrogens is 1. The zero-order valence-corrected chi connectivity index (χ0v) is 16.0. The second kappa shape index (κ2) is 9.64. The predicted molar refractivity (Wildman–Crippen MR) is 112 cm³/mol. The molecule has 0 aliphatic carbocycles. The molecule has 1 aromatic carbocycles. The van der Waals surface area contributed by atoms with Gasteiger partial charge in [0.05, 0.1) is 0 Å². The lowest BCUT2D eigenvalue weighted by atomic mass is 10.1. The van der Waals surface area contributed by atoms with Gasteiger partial charge in [0, 0.05) is 44.2 Å². The molecule has 26 heavy (non-hydrogen) atoms. The fraction of sp³-hybridized carbons (Fsp3) is 0.381. The molecule has 0 amide bonds. The maximum absolute atomic E-state index is 6.01. The van der Waals surface area contributed by atoms with Gasteiger partial charge in [-0.25, -0.2) is 4.98 Å². The quantitative estimate of drug-likeness (QED) is 0.571. The Morgan fingerprint density at radius 3 is 2.62 bits per heavy atom. The van der Waals surface area contributed by atoms with Gasteiger partial charge in [0.1, 0.15) is 18.2 Å². The molecule has 5 heteroatoms. The molecular weight excluding hydrogens is 342 g/mol. The lowest BCUT2D eigenvalue weighted by Crippen LogP contribution is -2.48. The summed E-state index contributed by atoms with van der Waals surface area (Å²) in [7, 11) is 0. The smallest absolute Gasteiger partial charge is 0.128 e. The number of thiol groups is 1. The summed E-state index contributed by atoms with van der Waals surface area (Å²) in [6.07, 6.45) is 4.58. The van der Waals surface area contributed by atoms with Crippen molar-refractivity contribution in [1.82, 2.24) is 9.88 Å². The average Bonchev–Trinajstić information content (AvgIpc) is 2.69. The first kappa shape index (κ1) is 18.8. The summed E-state index contributed by atoms with van der Waals surface area (Å²) in [6.45, 7) is 9.41. The second-order valence-electron chi connectivity index (χ2n) is 6.54. The SMILES string of the molecule is C=CCc1ccccc1OCC(S)CN1CCN(c2ccccn2)CC1. The van der Waals surface area contributed by atoms with E-state index >= 15 is 0 Å². The van der Waals surface area contributed by atoms with Gasteiger partial charge in [-0.1, -0.05) is 30.3 Å². The Bertz CT molecular complexity index is 687. The van der Waals surface area contributed by atoms with Gasteiger partial charge < -0.3 is 9.64 Å². The molecule has 1 aliphatic rings. The largest absolute Gasteiger partial charge is 0.492 e. The average molecular weight is 370 g/mol. The third kappa shape index (κ3) is 5.26. The van der Waals surface area contributed by atoms with E-state index in [0.717, 1.165) is 50.7 Å². The lowest BCUT2D eigenvalue weighted by Gasteiger charge is -2.36. The summed E-state index contributed by atoms with van der Waals surface area (Å²) in [5.74, 6) is 2.00. The molecule has 0 radical (unpaired) electrons. The number of ether oxygens (including phenoxy) is 1. The number of piperazine rings is 1. The maximum Gasteiger partial charge on any atom is 0.128 e. The number of anilines is 1. The number of para-hydroxylation sites is 1. The van der Waals surface area contributed by atoms with Crippen LogP contribution in [0.5, 0.6) is 5.75 Å². The summed E-state index contributed by atoms with van der Waals surface area (Å²) in [4.78, 5) is 9.23. The minimum Gasteiger partial charge on any atom is -0.492 e. The molecule has 0 N–H and O–H groups in total. The number of hydrogen-bond acceptors (Lipinski definition) is 5. The Hall–Kier alpha value is -1.98. The van der Waals surface area contributed by atoms with Crippen molar-refractivity contribution >= 4 is 18.4 Å². The Balaban J connectivity index is 1.43. The van der Waals surface area contributed by atoms with E-state index in [9.17, 15) is 0 Å². The van der Waals surface area contributed by atoms with E-state index < -0.39 is 0 Å². The van der Waals surface area contributed by atoms with Crippen LogP contribution in [0.15, 0.2) is 61.3 Å². The highest BCUT2D eigenvalue weighted by Crippen LogP contribution is 2.20. The second-order valence-corrected chi connectivity index (χ2v) is 7.27. The number of hydrogen-bond donors (Lipinski definition) is 1. The maximum atomic E-state index is 6.01. The summed E-state index contributed by atoms with van der Waals surface area (Å²) in [6, 6.07) is 14.2. The molecule has 1 aliphatic heterocycles. The molecule has 2 heterocycles. The van der Waals surface area contributed by atoms with E-state index in [1.807, 2.05) is 42.6 Å². The van der Waals surface area contributed by atoms with E-state index in [1.54, 1.807) is 0 Å². The van der Waals surface area contributed by atoms with Gasteiger partial charge in [0.2, 0.25) is 0 Å². The first-order valence-corrected chi connectivity index (χ1v) is 9.66. The first-order valence-electron chi connectivity index (χ1n) is 9.14. The number of rotatable bonds is 8. The van der Waals surface area contributed by atoms with Crippen molar-refractivity contribution < 1.29 is 4.74 Å². The van der Waals surface area contributed by atoms with Crippen molar-refractivity contribution in [3.63, 3.8) is 0 Å². The van der Waals surface area contributed by atoms with Crippen LogP contribution >= 0.6 is 12.6 Å². The van der Waals surface area contributed by atoms with E-state index in [1.165, 1.54) is 5.56 Å². The Labute approximate surface area is 161 Å². The summed E-state index contributed by atoms with van der Waals surface area (Å²) < 4.78 is 6.01. The molecule has 1 saturated heterocycles. The van der Waals surface area contributed by atoms with Crippen molar-refractivity contribution in [2.75, 3.05) is 44.2 Å². The first-order chi connectivity index (χ1) is 12.8. The standard InChI is InChI=1S/C21H27N3OS/c1-2-7-18-8-3-4-9-20(18)25-17-19(26)16-23-12-14-24(15-13-23)21-10-5-6-11-22-21/h2-6,8-11,19,26H,1,7,12-17H2. The molecule has 1 atom stereocenters. The zero-order chi connectivity index (χ0) is 18.2. The zero-order valence-electron chi connectivity index (χ0n) is 15.1. The lowest BCUT2D eigenvalue weighted by molar-refractivity contribution is 0.229. The van der Waals surface area contributed by atoms with Crippen LogP contribution < -0.4 is 9.64 Å². The normalized spacial score (nSPS) is 16.3. The number of pyridine rings is 1. The van der Waals surface area contributed by atoms with Gasteiger partial charge in [-0.3, -0.25) is 4.90 Å². The summed E-state index contributed by atoms with van der Waals surface area (Å²) >= 11 is 4.74. The Morgan fingerprint density at radius 2 is 1.88 bits per heavy atom. The van der Waals surface area contributed by atoms with E-state index in [4.69, 9.17) is 17.4 Å². The van der Waals surface area contributed by atoms with Crippen LogP contribution in [0.3, 0.4) is 0 Å². The van der Waals surface area contributed by atoms with Gasteiger partial charge in [-0.15, -0.1) is 6.58 Å².